The van der Waals surface area contributed by atoms with E-state index in [1.807, 2.05) is 0 Å². The van der Waals surface area contributed by atoms with Crippen molar-refractivity contribution >= 4 is 11.8 Å². The number of allylic oxidation sites excluding steroid dienone is 1. The summed E-state index contributed by atoms with van der Waals surface area (Å²) in [5.74, 6) is 0.704. The van der Waals surface area contributed by atoms with Crippen LogP contribution in [0, 0.1) is 5.92 Å². The second kappa shape index (κ2) is 5.60. The second-order valence-electron chi connectivity index (χ2n) is 5.64. The molecular weight excluding hydrogens is 218 g/mol. The molecule has 1 saturated carbocycles. The highest BCUT2D eigenvalue weighted by Crippen LogP contribution is 2.35. The third-order valence-corrected chi connectivity index (χ3v) is 4.26. The Morgan fingerprint density at radius 3 is 2.22 bits per heavy atom. The summed E-state index contributed by atoms with van der Waals surface area (Å²) < 4.78 is 0. The van der Waals surface area contributed by atoms with Gasteiger partial charge in [-0.25, -0.2) is 0 Å². The van der Waals surface area contributed by atoms with Crippen molar-refractivity contribution in [3.8, 4) is 0 Å². The molecule has 1 radical (unpaired) electrons. The fraction of sp³-hybridized carbons (Fsp3) is 0.529. The summed E-state index contributed by atoms with van der Waals surface area (Å²) in [6.45, 7) is 0. The molecule has 95 valence electrons. The quantitative estimate of drug-likeness (QED) is 0.654. The Kier molecular flexibility index (Phi) is 3.68. The van der Waals surface area contributed by atoms with E-state index in [2.05, 4.69) is 30.3 Å². The van der Waals surface area contributed by atoms with Gasteiger partial charge in [-0.15, -0.1) is 0 Å². The standard InChI is InChI=1S/C17H22N/c1-2-4-6-10-14(9-5-3-1)17-13-15-11-7-8-12-16(15)18-17/h7-8,11-14H,1-6,9-10H2. The van der Waals surface area contributed by atoms with Gasteiger partial charge in [0.25, 0.3) is 0 Å². The summed E-state index contributed by atoms with van der Waals surface area (Å²) in [7, 11) is 0. The average molecular weight is 240 g/mol. The van der Waals surface area contributed by atoms with E-state index in [-0.39, 0.29) is 0 Å². The molecule has 1 heterocycles. The molecular formula is C17H22N. The second-order valence-corrected chi connectivity index (χ2v) is 5.64. The van der Waals surface area contributed by atoms with Crippen LogP contribution < -0.4 is 5.32 Å². The smallest absolute Gasteiger partial charge is 0.0706 e. The first-order chi connectivity index (χ1) is 8.93. The summed E-state index contributed by atoms with van der Waals surface area (Å²) >= 11 is 0. The molecule has 0 spiro atoms. The molecule has 0 bridgehead atoms. The van der Waals surface area contributed by atoms with E-state index < -0.39 is 0 Å². The number of hydrogen-bond donors (Lipinski definition) is 0. The minimum Gasteiger partial charge on any atom is -0.253 e. The Bertz CT molecular complexity index is 423. The molecule has 1 heteroatoms. The number of benzene rings is 1. The number of para-hydroxylation sites is 1. The lowest BCUT2D eigenvalue weighted by molar-refractivity contribution is 0.475. The lowest BCUT2D eigenvalue weighted by Crippen LogP contribution is -2.08. The van der Waals surface area contributed by atoms with Crippen LogP contribution >= 0.6 is 0 Å². The molecule has 1 aromatic rings. The minimum absolute atomic E-state index is 0.704. The fourth-order valence-electron chi connectivity index (χ4n) is 3.18. The molecule has 18 heavy (non-hydrogen) atoms. The maximum Gasteiger partial charge on any atom is 0.0706 e. The molecule has 3 rings (SSSR count). The summed E-state index contributed by atoms with van der Waals surface area (Å²) in [5.41, 5.74) is 3.83. The van der Waals surface area contributed by atoms with Gasteiger partial charge in [0.05, 0.1) is 5.69 Å². The Balaban J connectivity index is 1.71. The van der Waals surface area contributed by atoms with E-state index in [0.29, 0.717) is 5.92 Å². The maximum atomic E-state index is 4.84. The van der Waals surface area contributed by atoms with E-state index >= 15 is 0 Å². The van der Waals surface area contributed by atoms with Crippen molar-refractivity contribution in [1.29, 1.82) is 0 Å². The monoisotopic (exact) mass is 240 g/mol. The number of hydrogen-bond acceptors (Lipinski definition) is 0. The lowest BCUT2D eigenvalue weighted by Gasteiger charge is -2.16. The topological polar surface area (TPSA) is 14.1 Å². The number of fused-ring (bicyclic) bond motifs is 1. The largest absolute Gasteiger partial charge is 0.253 e. The van der Waals surface area contributed by atoms with E-state index in [4.69, 9.17) is 5.32 Å². The van der Waals surface area contributed by atoms with Crippen LogP contribution in [0.4, 0.5) is 5.69 Å². The van der Waals surface area contributed by atoms with E-state index in [1.165, 1.54) is 68.3 Å². The first kappa shape index (κ1) is 11.8. The molecule has 1 aliphatic heterocycles. The van der Waals surface area contributed by atoms with Crippen LogP contribution in [0.2, 0.25) is 0 Å². The third kappa shape index (κ3) is 2.60. The SMILES string of the molecule is C1=C(C2CCCCCCCC2)[N]c2ccccc21. The Labute approximate surface area is 110 Å². The summed E-state index contributed by atoms with van der Waals surface area (Å²) in [4.78, 5) is 0. The van der Waals surface area contributed by atoms with Crippen molar-refractivity contribution in [3.05, 3.63) is 35.5 Å². The van der Waals surface area contributed by atoms with Crippen LogP contribution in [0.1, 0.15) is 56.9 Å². The van der Waals surface area contributed by atoms with Gasteiger partial charge in [-0.05, 0) is 25.0 Å². The molecule has 0 amide bonds. The molecule has 1 aliphatic carbocycles. The molecule has 1 nitrogen and oxygen atoms in total. The zero-order valence-electron chi connectivity index (χ0n) is 11.1. The first-order valence-electron chi connectivity index (χ1n) is 7.46. The number of rotatable bonds is 1. The van der Waals surface area contributed by atoms with Crippen molar-refractivity contribution in [2.45, 2.75) is 51.4 Å². The highest BCUT2D eigenvalue weighted by Gasteiger charge is 2.21. The zero-order valence-corrected chi connectivity index (χ0v) is 11.1. The van der Waals surface area contributed by atoms with Crippen LogP contribution in [0.3, 0.4) is 0 Å². The van der Waals surface area contributed by atoms with E-state index in [0.717, 1.165) is 0 Å². The first-order valence-corrected chi connectivity index (χ1v) is 7.46. The zero-order chi connectivity index (χ0) is 12.2. The van der Waals surface area contributed by atoms with Crippen LogP contribution in [0.15, 0.2) is 30.0 Å². The normalized spacial score (nSPS) is 21.2. The Morgan fingerprint density at radius 2 is 1.50 bits per heavy atom. The Morgan fingerprint density at radius 1 is 0.833 bits per heavy atom. The van der Waals surface area contributed by atoms with E-state index in [1.54, 1.807) is 0 Å². The lowest BCUT2D eigenvalue weighted by atomic mass is 9.93. The van der Waals surface area contributed by atoms with Crippen molar-refractivity contribution in [2.24, 2.45) is 5.92 Å². The minimum atomic E-state index is 0.704. The van der Waals surface area contributed by atoms with Gasteiger partial charge in [-0.1, -0.05) is 56.7 Å². The summed E-state index contributed by atoms with van der Waals surface area (Å²) in [5, 5.41) is 4.84. The van der Waals surface area contributed by atoms with Crippen molar-refractivity contribution < 1.29 is 0 Å². The molecule has 1 aromatic carbocycles. The molecule has 0 aromatic heterocycles. The maximum absolute atomic E-state index is 4.84. The van der Waals surface area contributed by atoms with Crippen LogP contribution in [0.5, 0.6) is 0 Å². The van der Waals surface area contributed by atoms with Gasteiger partial charge in [-0.3, -0.25) is 5.32 Å². The average Bonchev–Trinajstić information content (AvgIpc) is 2.87. The van der Waals surface area contributed by atoms with Gasteiger partial charge in [0, 0.05) is 17.2 Å². The fourth-order valence-corrected chi connectivity index (χ4v) is 3.18. The summed E-state index contributed by atoms with van der Waals surface area (Å²) in [6, 6.07) is 8.51. The molecule has 1 fully saturated rings. The van der Waals surface area contributed by atoms with Gasteiger partial charge < -0.3 is 0 Å². The molecule has 0 saturated heterocycles. The highest BCUT2D eigenvalue weighted by molar-refractivity contribution is 5.71. The Hall–Kier alpha value is -1.24. The van der Waals surface area contributed by atoms with Crippen molar-refractivity contribution in [2.75, 3.05) is 0 Å². The van der Waals surface area contributed by atoms with Gasteiger partial charge in [0.2, 0.25) is 0 Å². The van der Waals surface area contributed by atoms with Crippen molar-refractivity contribution in [1.82, 2.24) is 5.32 Å². The summed E-state index contributed by atoms with van der Waals surface area (Å²) in [6.07, 6.45) is 13.5. The van der Waals surface area contributed by atoms with Gasteiger partial charge in [0.1, 0.15) is 0 Å². The van der Waals surface area contributed by atoms with E-state index in [9.17, 15) is 0 Å². The molecule has 2 aliphatic rings. The van der Waals surface area contributed by atoms with Crippen molar-refractivity contribution in [3.63, 3.8) is 0 Å². The highest BCUT2D eigenvalue weighted by atomic mass is 14.9. The predicted octanol–water partition coefficient (Wildman–Crippen LogP) is 5.03. The predicted molar refractivity (Wildman–Crippen MR) is 76.6 cm³/mol. The molecule has 0 atom stereocenters. The van der Waals surface area contributed by atoms with Gasteiger partial charge in [0.15, 0.2) is 0 Å². The third-order valence-electron chi connectivity index (χ3n) is 4.26. The van der Waals surface area contributed by atoms with Crippen LogP contribution in [-0.4, -0.2) is 0 Å². The molecule has 0 N–H and O–H groups in total. The van der Waals surface area contributed by atoms with Gasteiger partial charge in [-0.2, -0.15) is 0 Å². The van der Waals surface area contributed by atoms with Crippen LogP contribution in [-0.2, 0) is 0 Å². The van der Waals surface area contributed by atoms with Gasteiger partial charge >= 0.3 is 0 Å². The van der Waals surface area contributed by atoms with Crippen LogP contribution in [0.25, 0.3) is 6.08 Å². The number of nitrogens with zero attached hydrogens (tertiary/aromatic N) is 1. The molecule has 0 unspecified atom stereocenters.